The average molecular weight is 525 g/mol. The summed E-state index contributed by atoms with van der Waals surface area (Å²) >= 11 is 12.6. The Morgan fingerprint density at radius 2 is 1.83 bits per heavy atom. The number of carbonyl (C=O) groups excluding carboxylic acids is 1. The summed E-state index contributed by atoms with van der Waals surface area (Å²) in [6.45, 7) is 3.85. The van der Waals surface area contributed by atoms with Crippen molar-refractivity contribution in [2.45, 2.75) is 57.5 Å². The molecule has 0 spiro atoms. The van der Waals surface area contributed by atoms with Gasteiger partial charge in [-0.2, -0.15) is 0 Å². The van der Waals surface area contributed by atoms with E-state index in [0.717, 1.165) is 23.2 Å². The molecule has 2 heterocycles. The molecule has 0 saturated carbocycles. The molecule has 5 nitrogen and oxygen atoms in total. The molecule has 3 aromatic rings. The third-order valence-corrected chi connectivity index (χ3v) is 7.55. The van der Waals surface area contributed by atoms with Crippen LogP contribution in [0.5, 0.6) is 0 Å². The van der Waals surface area contributed by atoms with Crippen LogP contribution in [-0.2, 0) is 9.59 Å². The summed E-state index contributed by atoms with van der Waals surface area (Å²) in [4.78, 5) is 32.8. The molecule has 1 fully saturated rings. The van der Waals surface area contributed by atoms with Crippen molar-refractivity contribution in [2.75, 3.05) is 0 Å². The number of likely N-dealkylation sites (tertiary alicyclic amines) is 1. The second kappa shape index (κ2) is 11.0. The molecule has 2 aromatic carbocycles. The van der Waals surface area contributed by atoms with E-state index in [2.05, 4.69) is 11.9 Å². The number of pyridine rings is 1. The van der Waals surface area contributed by atoms with E-state index in [1.54, 1.807) is 13.1 Å². The first-order valence-corrected chi connectivity index (χ1v) is 13.0. The standard InChI is InChI=1S/C29H30Cl2N2O3/c1-3-7-25(24-10-4-5-15-32-24)33-27(19-11-13-21(30)14-12-19)23(20-8-6-9-22(31)16-20)17-29(2,28(33)36)18-26(34)35/h4-6,8-16,23,25,27H,3,7,17-18H2,1-2H3,(H,34,35)/t23-,25-,27-,29-/m1/s1. The number of hydrogen-bond acceptors (Lipinski definition) is 3. The van der Waals surface area contributed by atoms with Gasteiger partial charge in [0.2, 0.25) is 5.91 Å². The van der Waals surface area contributed by atoms with Crippen LogP contribution in [0.15, 0.2) is 72.9 Å². The first-order chi connectivity index (χ1) is 17.2. The van der Waals surface area contributed by atoms with Crippen molar-refractivity contribution in [1.29, 1.82) is 0 Å². The van der Waals surface area contributed by atoms with Gasteiger partial charge in [-0.05, 0) is 60.4 Å². The van der Waals surface area contributed by atoms with E-state index >= 15 is 0 Å². The molecule has 1 amide bonds. The highest BCUT2D eigenvalue weighted by molar-refractivity contribution is 6.30. The number of halogens is 2. The molecule has 1 aromatic heterocycles. The maximum Gasteiger partial charge on any atom is 0.304 e. The van der Waals surface area contributed by atoms with E-state index in [9.17, 15) is 14.7 Å². The van der Waals surface area contributed by atoms with Gasteiger partial charge >= 0.3 is 5.97 Å². The topological polar surface area (TPSA) is 70.5 Å². The van der Waals surface area contributed by atoms with Crippen LogP contribution in [-0.4, -0.2) is 26.9 Å². The van der Waals surface area contributed by atoms with Crippen molar-refractivity contribution in [3.8, 4) is 0 Å². The second-order valence-corrected chi connectivity index (χ2v) is 10.6. The zero-order valence-electron chi connectivity index (χ0n) is 20.4. The maximum atomic E-state index is 14.3. The van der Waals surface area contributed by atoms with E-state index in [-0.39, 0.29) is 30.3 Å². The first kappa shape index (κ1) is 26.2. The highest BCUT2D eigenvalue weighted by Gasteiger charge is 2.52. The molecular weight excluding hydrogens is 495 g/mol. The minimum Gasteiger partial charge on any atom is -0.481 e. The Bertz CT molecular complexity index is 1220. The summed E-state index contributed by atoms with van der Waals surface area (Å²) in [7, 11) is 0. The lowest BCUT2D eigenvalue weighted by Crippen LogP contribution is -2.53. The molecule has 0 bridgehead atoms. The summed E-state index contributed by atoms with van der Waals surface area (Å²) in [5.74, 6) is -1.35. The van der Waals surface area contributed by atoms with Crippen LogP contribution in [0.3, 0.4) is 0 Å². The van der Waals surface area contributed by atoms with Gasteiger partial charge in [0.05, 0.1) is 29.6 Å². The fourth-order valence-electron chi connectivity index (χ4n) is 5.50. The predicted octanol–water partition coefficient (Wildman–Crippen LogP) is 7.47. The number of hydrogen-bond donors (Lipinski definition) is 1. The summed E-state index contributed by atoms with van der Waals surface area (Å²) in [5, 5.41) is 11.0. The number of aliphatic carboxylic acids is 1. The van der Waals surface area contributed by atoms with Crippen LogP contribution in [0, 0.1) is 5.41 Å². The van der Waals surface area contributed by atoms with E-state index < -0.39 is 11.4 Å². The molecule has 1 aliphatic rings. The van der Waals surface area contributed by atoms with Crippen LogP contribution in [0.4, 0.5) is 0 Å². The highest BCUT2D eigenvalue weighted by Crippen LogP contribution is 2.54. The van der Waals surface area contributed by atoms with Gasteiger partial charge in [-0.15, -0.1) is 0 Å². The van der Waals surface area contributed by atoms with Crippen LogP contribution >= 0.6 is 23.2 Å². The van der Waals surface area contributed by atoms with E-state index in [1.165, 1.54) is 0 Å². The van der Waals surface area contributed by atoms with Crippen molar-refractivity contribution in [1.82, 2.24) is 9.88 Å². The van der Waals surface area contributed by atoms with Gasteiger partial charge in [0, 0.05) is 22.2 Å². The fourth-order valence-corrected chi connectivity index (χ4v) is 5.82. The molecular formula is C29H30Cl2N2O3. The Balaban J connectivity index is 1.96. The zero-order chi connectivity index (χ0) is 25.9. The highest BCUT2D eigenvalue weighted by atomic mass is 35.5. The molecule has 4 rings (SSSR count). The Morgan fingerprint density at radius 1 is 1.08 bits per heavy atom. The number of benzene rings is 2. The molecule has 1 N–H and O–H groups in total. The third kappa shape index (κ3) is 5.42. The van der Waals surface area contributed by atoms with Crippen molar-refractivity contribution in [3.05, 3.63) is 99.8 Å². The van der Waals surface area contributed by atoms with Crippen molar-refractivity contribution in [3.63, 3.8) is 0 Å². The predicted molar refractivity (Wildman–Crippen MR) is 142 cm³/mol. The van der Waals surface area contributed by atoms with Gasteiger partial charge in [-0.25, -0.2) is 0 Å². The number of nitrogens with zero attached hydrogens (tertiary/aromatic N) is 2. The van der Waals surface area contributed by atoms with E-state index in [4.69, 9.17) is 23.2 Å². The smallest absolute Gasteiger partial charge is 0.304 e. The van der Waals surface area contributed by atoms with Crippen LogP contribution < -0.4 is 0 Å². The molecule has 36 heavy (non-hydrogen) atoms. The van der Waals surface area contributed by atoms with Gasteiger partial charge in [0.25, 0.3) is 0 Å². The lowest BCUT2D eigenvalue weighted by molar-refractivity contribution is -0.161. The molecule has 7 heteroatoms. The molecule has 0 radical (unpaired) electrons. The minimum atomic E-state index is -1.09. The number of piperidine rings is 1. The Kier molecular flexibility index (Phi) is 8.01. The van der Waals surface area contributed by atoms with Gasteiger partial charge in [0.15, 0.2) is 0 Å². The third-order valence-electron chi connectivity index (χ3n) is 7.06. The van der Waals surface area contributed by atoms with Gasteiger partial charge in [-0.3, -0.25) is 14.6 Å². The first-order valence-electron chi connectivity index (χ1n) is 12.2. The fraction of sp³-hybridized carbons (Fsp3) is 0.345. The largest absolute Gasteiger partial charge is 0.481 e. The number of aromatic nitrogens is 1. The molecule has 4 atom stereocenters. The SMILES string of the molecule is CCC[C@H](c1ccccn1)N1C(=O)[C@@](C)(CC(=O)O)C[C@H](c2cccc(Cl)c2)[C@H]1c1ccc(Cl)cc1. The van der Waals surface area contributed by atoms with Crippen LogP contribution in [0.2, 0.25) is 10.0 Å². The Morgan fingerprint density at radius 3 is 2.44 bits per heavy atom. The van der Waals surface area contributed by atoms with Crippen LogP contribution in [0.25, 0.3) is 0 Å². The van der Waals surface area contributed by atoms with E-state index in [0.29, 0.717) is 22.9 Å². The van der Waals surface area contributed by atoms with Crippen molar-refractivity contribution < 1.29 is 14.7 Å². The number of amides is 1. The zero-order valence-corrected chi connectivity index (χ0v) is 21.9. The minimum absolute atomic E-state index is 0.174. The summed E-state index contributed by atoms with van der Waals surface area (Å²) in [5.41, 5.74) is 1.60. The number of rotatable bonds is 8. The molecule has 0 unspecified atom stereocenters. The maximum absolute atomic E-state index is 14.3. The number of carboxylic acid groups (broad SMARTS) is 1. The van der Waals surface area contributed by atoms with Crippen molar-refractivity contribution in [2.24, 2.45) is 5.41 Å². The summed E-state index contributed by atoms with van der Waals surface area (Å²) in [6.07, 6.45) is 3.37. The Labute approximate surface area is 222 Å². The van der Waals surface area contributed by atoms with Gasteiger partial charge in [0.1, 0.15) is 0 Å². The van der Waals surface area contributed by atoms with Crippen molar-refractivity contribution >= 4 is 35.1 Å². The summed E-state index contributed by atoms with van der Waals surface area (Å²) in [6, 6.07) is 20.2. The van der Waals surface area contributed by atoms with Gasteiger partial charge in [-0.1, -0.05) is 73.8 Å². The lowest BCUT2D eigenvalue weighted by Gasteiger charge is -2.51. The van der Waals surface area contributed by atoms with E-state index in [1.807, 2.05) is 71.6 Å². The number of carboxylic acids is 1. The molecule has 0 aliphatic carbocycles. The monoisotopic (exact) mass is 524 g/mol. The number of carbonyl (C=O) groups is 2. The average Bonchev–Trinajstić information content (AvgIpc) is 2.85. The lowest BCUT2D eigenvalue weighted by atomic mass is 9.67. The summed E-state index contributed by atoms with van der Waals surface area (Å²) < 4.78 is 0. The molecule has 188 valence electrons. The quantitative estimate of drug-likeness (QED) is 0.331. The second-order valence-electron chi connectivity index (χ2n) is 9.76. The molecule has 1 saturated heterocycles. The normalized spacial score (nSPS) is 22.9. The van der Waals surface area contributed by atoms with Crippen LogP contribution in [0.1, 0.15) is 74.4 Å². The Hall–Kier alpha value is -2.89. The van der Waals surface area contributed by atoms with Gasteiger partial charge < -0.3 is 10.0 Å². The molecule has 1 aliphatic heterocycles.